The minimum atomic E-state index is -0.0215. The van der Waals surface area contributed by atoms with Crippen LogP contribution < -0.4 is 24.8 Å². The van der Waals surface area contributed by atoms with Gasteiger partial charge >= 0.3 is 0 Å². The van der Waals surface area contributed by atoms with Crippen LogP contribution in [0.25, 0.3) is 10.9 Å². The zero-order valence-electron chi connectivity index (χ0n) is 22.0. The molecule has 9 heteroatoms. The largest absolute Gasteiger partial charge is 0.493 e. The van der Waals surface area contributed by atoms with Gasteiger partial charge in [-0.05, 0) is 42.8 Å². The fourth-order valence-electron chi connectivity index (χ4n) is 4.16. The maximum atomic E-state index is 13.1. The van der Waals surface area contributed by atoms with Gasteiger partial charge in [0.05, 0.1) is 19.7 Å². The molecule has 0 radical (unpaired) electrons. The van der Waals surface area contributed by atoms with E-state index in [0.717, 1.165) is 5.57 Å². The van der Waals surface area contributed by atoms with Gasteiger partial charge in [0.2, 0.25) is 5.95 Å². The third kappa shape index (κ3) is 5.88. The Morgan fingerprint density at radius 3 is 2.37 bits per heavy atom. The molecule has 3 aromatic rings. The third-order valence-corrected chi connectivity index (χ3v) is 6.34. The first-order chi connectivity index (χ1) is 18.5. The molecule has 0 bridgehead atoms. The number of methoxy groups -OCH3 is 2. The van der Waals surface area contributed by atoms with Crippen molar-refractivity contribution in [3.8, 4) is 17.2 Å². The summed E-state index contributed by atoms with van der Waals surface area (Å²) in [5, 5.41) is 0.696. The summed E-state index contributed by atoms with van der Waals surface area (Å²) in [4.78, 5) is 26.2. The Kier molecular flexibility index (Phi) is 8.47. The van der Waals surface area contributed by atoms with Gasteiger partial charge in [-0.3, -0.25) is 4.79 Å². The molecule has 1 aliphatic heterocycles. The van der Waals surface area contributed by atoms with Crippen molar-refractivity contribution in [2.24, 2.45) is 0 Å². The van der Waals surface area contributed by atoms with Crippen molar-refractivity contribution < 1.29 is 19.0 Å². The number of rotatable bonds is 9. The standard InChI is InChI=1S/C29H33N5O4/c1-5-7-8-20(6-2)19-38-22-11-9-21(10-12-22)28(35)33-13-15-34(16-14-33)29-31-24-18-26(37-4)25(36-3)17-23(24)27(30)32-29/h5-12,17-18H,2,13-16,19H2,1,3-4H3,(H2,30,31,32)/b7-5-,20-8+. The van der Waals surface area contributed by atoms with Gasteiger partial charge in [-0.15, -0.1) is 0 Å². The molecule has 1 saturated heterocycles. The van der Waals surface area contributed by atoms with E-state index in [4.69, 9.17) is 24.9 Å². The molecule has 0 saturated carbocycles. The summed E-state index contributed by atoms with van der Waals surface area (Å²) in [6.45, 7) is 8.44. The van der Waals surface area contributed by atoms with E-state index in [-0.39, 0.29) is 5.91 Å². The number of piperazine rings is 1. The van der Waals surface area contributed by atoms with Gasteiger partial charge in [-0.25, -0.2) is 4.98 Å². The smallest absolute Gasteiger partial charge is 0.253 e. The van der Waals surface area contributed by atoms with E-state index >= 15 is 0 Å². The summed E-state index contributed by atoms with van der Waals surface area (Å²) >= 11 is 0. The zero-order valence-corrected chi connectivity index (χ0v) is 22.0. The lowest BCUT2D eigenvalue weighted by Crippen LogP contribution is -2.49. The number of amides is 1. The fourth-order valence-corrected chi connectivity index (χ4v) is 4.16. The second kappa shape index (κ2) is 12.1. The molecular weight excluding hydrogens is 482 g/mol. The van der Waals surface area contributed by atoms with Crippen LogP contribution in [0.2, 0.25) is 0 Å². The number of nitrogens with two attached hydrogens (primary N) is 1. The van der Waals surface area contributed by atoms with E-state index in [1.165, 1.54) is 0 Å². The first-order valence-corrected chi connectivity index (χ1v) is 12.4. The molecule has 0 aliphatic carbocycles. The molecule has 0 spiro atoms. The Labute approximate surface area is 222 Å². The number of hydrogen-bond donors (Lipinski definition) is 1. The number of allylic oxidation sites excluding steroid dienone is 3. The first kappa shape index (κ1) is 26.5. The number of ether oxygens (including phenoxy) is 3. The Morgan fingerprint density at radius 2 is 1.74 bits per heavy atom. The number of fused-ring (bicyclic) bond motifs is 1. The maximum absolute atomic E-state index is 13.1. The second-order valence-electron chi connectivity index (χ2n) is 8.70. The quantitative estimate of drug-likeness (QED) is 0.422. The predicted molar refractivity (Wildman–Crippen MR) is 150 cm³/mol. The third-order valence-electron chi connectivity index (χ3n) is 6.34. The van der Waals surface area contributed by atoms with Crippen molar-refractivity contribution in [3.05, 3.63) is 78.4 Å². The lowest BCUT2D eigenvalue weighted by atomic mass is 10.1. The van der Waals surface area contributed by atoms with E-state index in [9.17, 15) is 4.79 Å². The Hall–Kier alpha value is -4.53. The van der Waals surface area contributed by atoms with Crippen LogP contribution in [0, 0.1) is 0 Å². The fraction of sp³-hybridized carbons (Fsp3) is 0.276. The summed E-state index contributed by atoms with van der Waals surface area (Å²) in [5.41, 5.74) is 8.51. The number of nitrogen functional groups attached to an aromatic ring is 1. The van der Waals surface area contributed by atoms with Crippen molar-refractivity contribution in [1.29, 1.82) is 0 Å². The Balaban J connectivity index is 1.39. The van der Waals surface area contributed by atoms with Gasteiger partial charge in [-0.2, -0.15) is 4.98 Å². The average molecular weight is 516 g/mol. The van der Waals surface area contributed by atoms with Crippen molar-refractivity contribution in [1.82, 2.24) is 14.9 Å². The van der Waals surface area contributed by atoms with Crippen LogP contribution in [-0.2, 0) is 0 Å². The normalized spacial score (nSPS) is 14.1. The number of hydrogen-bond acceptors (Lipinski definition) is 8. The number of anilines is 2. The summed E-state index contributed by atoms with van der Waals surface area (Å²) in [5.74, 6) is 2.70. The van der Waals surface area contributed by atoms with Crippen molar-refractivity contribution in [2.75, 3.05) is 57.6 Å². The van der Waals surface area contributed by atoms with E-state index in [1.807, 2.05) is 47.1 Å². The molecule has 2 N–H and O–H groups in total. The number of nitrogens with zero attached hydrogens (tertiary/aromatic N) is 4. The van der Waals surface area contributed by atoms with Crippen LogP contribution in [0.4, 0.5) is 11.8 Å². The molecular formula is C29H33N5O4. The summed E-state index contributed by atoms with van der Waals surface area (Å²) in [6, 6.07) is 10.8. The van der Waals surface area contributed by atoms with Crippen molar-refractivity contribution in [3.63, 3.8) is 0 Å². The Morgan fingerprint density at radius 1 is 1.05 bits per heavy atom. The average Bonchev–Trinajstić information content (AvgIpc) is 2.96. The molecule has 2 aromatic carbocycles. The highest BCUT2D eigenvalue weighted by Gasteiger charge is 2.24. The lowest BCUT2D eigenvalue weighted by molar-refractivity contribution is 0.0746. The van der Waals surface area contributed by atoms with Crippen LogP contribution in [0.3, 0.4) is 0 Å². The SMILES string of the molecule is C=C/C(=C\C=C/C)COc1ccc(C(=O)N2CCN(c3nc(N)c4cc(OC)c(OC)cc4n3)CC2)cc1. The molecule has 1 aromatic heterocycles. The monoisotopic (exact) mass is 515 g/mol. The van der Waals surface area contributed by atoms with Crippen molar-refractivity contribution in [2.45, 2.75) is 6.92 Å². The molecule has 4 rings (SSSR count). The number of aromatic nitrogens is 2. The zero-order chi connectivity index (χ0) is 27.1. The number of carbonyl (C=O) groups excluding carboxylic acids is 1. The Bertz CT molecular complexity index is 1360. The predicted octanol–water partition coefficient (Wildman–Crippen LogP) is 4.26. The second-order valence-corrected chi connectivity index (χ2v) is 8.70. The molecule has 0 atom stereocenters. The van der Waals surface area contributed by atoms with Gasteiger partial charge in [0.1, 0.15) is 18.2 Å². The highest BCUT2D eigenvalue weighted by Crippen LogP contribution is 2.34. The minimum absolute atomic E-state index is 0.0215. The number of carbonyl (C=O) groups is 1. The van der Waals surface area contributed by atoms with E-state index in [1.54, 1.807) is 44.6 Å². The van der Waals surface area contributed by atoms with Gasteiger partial charge < -0.3 is 29.7 Å². The molecule has 198 valence electrons. The first-order valence-electron chi connectivity index (χ1n) is 12.4. The van der Waals surface area contributed by atoms with E-state index in [2.05, 4.69) is 11.6 Å². The topological polar surface area (TPSA) is 103 Å². The van der Waals surface area contributed by atoms with E-state index < -0.39 is 0 Å². The van der Waals surface area contributed by atoms with Crippen molar-refractivity contribution >= 4 is 28.6 Å². The van der Waals surface area contributed by atoms with Crippen LogP contribution in [0.15, 0.2) is 72.9 Å². The van der Waals surface area contributed by atoms with Gasteiger partial charge in [0, 0.05) is 43.2 Å². The molecule has 0 unspecified atom stereocenters. The van der Waals surface area contributed by atoms with Crippen LogP contribution in [0.5, 0.6) is 17.2 Å². The molecule has 1 aliphatic rings. The van der Waals surface area contributed by atoms with Gasteiger partial charge in [0.15, 0.2) is 11.5 Å². The van der Waals surface area contributed by atoms with Gasteiger partial charge in [-0.1, -0.05) is 30.9 Å². The highest BCUT2D eigenvalue weighted by molar-refractivity contribution is 5.94. The van der Waals surface area contributed by atoms with Crippen LogP contribution in [0.1, 0.15) is 17.3 Å². The van der Waals surface area contributed by atoms with Crippen LogP contribution in [-0.4, -0.2) is 67.8 Å². The highest BCUT2D eigenvalue weighted by atomic mass is 16.5. The molecule has 1 fully saturated rings. The summed E-state index contributed by atoms with van der Waals surface area (Å²) in [6.07, 6.45) is 7.61. The van der Waals surface area contributed by atoms with Gasteiger partial charge in [0.25, 0.3) is 5.91 Å². The van der Waals surface area contributed by atoms with E-state index in [0.29, 0.717) is 78.3 Å². The summed E-state index contributed by atoms with van der Waals surface area (Å²) < 4.78 is 16.6. The molecule has 2 heterocycles. The molecule has 38 heavy (non-hydrogen) atoms. The number of benzene rings is 2. The summed E-state index contributed by atoms with van der Waals surface area (Å²) in [7, 11) is 3.15. The molecule has 1 amide bonds. The lowest BCUT2D eigenvalue weighted by Gasteiger charge is -2.35. The minimum Gasteiger partial charge on any atom is -0.493 e. The van der Waals surface area contributed by atoms with Crippen LogP contribution >= 0.6 is 0 Å². The maximum Gasteiger partial charge on any atom is 0.253 e. The molecule has 9 nitrogen and oxygen atoms in total.